The van der Waals surface area contributed by atoms with Gasteiger partial charge >= 0.3 is 11.9 Å². The molecule has 58 heavy (non-hydrogen) atoms. The van der Waals surface area contributed by atoms with Crippen molar-refractivity contribution in [2.75, 3.05) is 19.8 Å². The van der Waals surface area contributed by atoms with Crippen LogP contribution in [0.4, 0.5) is 0 Å². The van der Waals surface area contributed by atoms with Gasteiger partial charge < -0.3 is 14.2 Å². The van der Waals surface area contributed by atoms with E-state index in [0.717, 1.165) is 44.9 Å². The lowest BCUT2D eigenvalue weighted by Crippen LogP contribution is -2.30. The van der Waals surface area contributed by atoms with Gasteiger partial charge in [-0.3, -0.25) is 9.59 Å². The molecule has 0 aromatic carbocycles. The predicted octanol–water partition coefficient (Wildman–Crippen LogP) is 17.0. The molecule has 0 bridgehead atoms. The summed E-state index contributed by atoms with van der Waals surface area (Å²) in [6, 6.07) is 0. The molecule has 0 aliphatic heterocycles. The van der Waals surface area contributed by atoms with Crippen molar-refractivity contribution in [1.82, 2.24) is 0 Å². The summed E-state index contributed by atoms with van der Waals surface area (Å²) in [5, 5.41) is 0. The molecule has 0 aliphatic rings. The molecule has 5 heteroatoms. The number of hydrogen-bond acceptors (Lipinski definition) is 5. The first kappa shape index (κ1) is 56.1. The minimum absolute atomic E-state index is 0.0850. The fourth-order valence-corrected chi connectivity index (χ4v) is 7.29. The number of carbonyl (C=O) groups excluding carboxylic acids is 2. The summed E-state index contributed by atoms with van der Waals surface area (Å²) in [4.78, 5) is 25.3. The molecule has 0 rings (SSSR count). The van der Waals surface area contributed by atoms with Crippen molar-refractivity contribution in [3.63, 3.8) is 0 Å². The third kappa shape index (κ3) is 46.8. The molecule has 0 spiro atoms. The Labute approximate surface area is 361 Å². The summed E-state index contributed by atoms with van der Waals surface area (Å²) in [6.07, 6.45) is 58.6. The summed E-state index contributed by atoms with van der Waals surface area (Å²) in [6.45, 7) is 7.78. The van der Waals surface area contributed by atoms with Gasteiger partial charge in [-0.1, -0.05) is 218 Å². The van der Waals surface area contributed by atoms with Gasteiger partial charge in [-0.15, -0.1) is 0 Å². The number of rotatable bonds is 47. The minimum Gasteiger partial charge on any atom is -0.462 e. The first-order valence-electron chi connectivity index (χ1n) is 25.5. The van der Waals surface area contributed by atoms with Gasteiger partial charge in [-0.2, -0.15) is 0 Å². The maximum absolute atomic E-state index is 12.7. The number of carbonyl (C=O) groups is 2. The lowest BCUT2D eigenvalue weighted by molar-refractivity contribution is -0.163. The third-order valence-corrected chi connectivity index (χ3v) is 11.1. The molecule has 0 aliphatic carbocycles. The zero-order valence-corrected chi connectivity index (χ0v) is 39.1. The second-order valence-electron chi connectivity index (χ2n) is 17.1. The molecule has 1 atom stereocenters. The zero-order valence-electron chi connectivity index (χ0n) is 39.1. The first-order valence-corrected chi connectivity index (χ1v) is 25.5. The average Bonchev–Trinajstić information content (AvgIpc) is 3.22. The van der Waals surface area contributed by atoms with Crippen LogP contribution in [0.5, 0.6) is 0 Å². The normalized spacial score (nSPS) is 12.4. The van der Waals surface area contributed by atoms with E-state index >= 15 is 0 Å². The maximum atomic E-state index is 12.7. The van der Waals surface area contributed by atoms with Gasteiger partial charge in [0.25, 0.3) is 0 Å². The van der Waals surface area contributed by atoms with E-state index in [1.54, 1.807) is 0 Å². The van der Waals surface area contributed by atoms with Gasteiger partial charge in [0.15, 0.2) is 6.10 Å². The highest BCUT2D eigenvalue weighted by Gasteiger charge is 2.17. The van der Waals surface area contributed by atoms with Gasteiger partial charge in [-0.05, 0) is 70.6 Å². The van der Waals surface area contributed by atoms with E-state index in [-0.39, 0.29) is 25.2 Å². The average molecular weight is 815 g/mol. The summed E-state index contributed by atoms with van der Waals surface area (Å²) in [7, 11) is 0. The van der Waals surface area contributed by atoms with E-state index < -0.39 is 6.10 Å². The molecule has 0 aromatic heterocycles. The van der Waals surface area contributed by atoms with Crippen LogP contribution >= 0.6 is 0 Å². The molecule has 0 heterocycles. The Morgan fingerprint density at radius 2 is 0.741 bits per heavy atom. The minimum atomic E-state index is -0.534. The van der Waals surface area contributed by atoms with Gasteiger partial charge in [-0.25, -0.2) is 0 Å². The molecule has 0 N–H and O–H groups in total. The van der Waals surface area contributed by atoms with E-state index in [2.05, 4.69) is 57.2 Å². The van der Waals surface area contributed by atoms with Crippen LogP contribution in [0.3, 0.4) is 0 Å². The Kier molecular flexibility index (Phi) is 47.9. The van der Waals surface area contributed by atoms with E-state index in [4.69, 9.17) is 14.2 Å². The SMILES string of the molecule is CCCC/C=C\CCCCCCCCOCC(COC(=O)CCCCCCCCCCC/C=C\C/C=C\CCCCC)OC(=O)CCCCCCCCCCCCC. The van der Waals surface area contributed by atoms with Gasteiger partial charge in [0.1, 0.15) is 6.61 Å². The Balaban J connectivity index is 4.18. The van der Waals surface area contributed by atoms with Crippen molar-refractivity contribution >= 4 is 11.9 Å². The van der Waals surface area contributed by atoms with E-state index in [1.165, 1.54) is 186 Å². The van der Waals surface area contributed by atoms with Crippen molar-refractivity contribution in [2.45, 2.75) is 271 Å². The number of hydrogen-bond donors (Lipinski definition) is 0. The highest BCUT2D eigenvalue weighted by atomic mass is 16.6. The van der Waals surface area contributed by atoms with Crippen LogP contribution in [0.15, 0.2) is 36.5 Å². The van der Waals surface area contributed by atoms with Crippen LogP contribution in [0.2, 0.25) is 0 Å². The summed E-state index contributed by atoms with van der Waals surface area (Å²) >= 11 is 0. The first-order chi connectivity index (χ1) is 28.6. The van der Waals surface area contributed by atoms with E-state index in [1.807, 2.05) is 0 Å². The van der Waals surface area contributed by atoms with Gasteiger partial charge in [0, 0.05) is 19.4 Å². The lowest BCUT2D eigenvalue weighted by Gasteiger charge is -2.18. The molecule has 0 amide bonds. The van der Waals surface area contributed by atoms with Crippen molar-refractivity contribution in [3.05, 3.63) is 36.5 Å². The molecule has 340 valence electrons. The summed E-state index contributed by atoms with van der Waals surface area (Å²) < 4.78 is 17.4. The van der Waals surface area contributed by atoms with Crippen molar-refractivity contribution in [3.8, 4) is 0 Å². The van der Waals surface area contributed by atoms with Crippen LogP contribution in [-0.4, -0.2) is 37.9 Å². The quantitative estimate of drug-likeness (QED) is 0.0348. The van der Waals surface area contributed by atoms with Crippen molar-refractivity contribution in [1.29, 1.82) is 0 Å². The highest BCUT2D eigenvalue weighted by molar-refractivity contribution is 5.70. The number of esters is 2. The molecular formula is C53H98O5. The van der Waals surface area contributed by atoms with Crippen molar-refractivity contribution < 1.29 is 23.8 Å². The molecule has 0 fully saturated rings. The Morgan fingerprint density at radius 1 is 0.379 bits per heavy atom. The van der Waals surface area contributed by atoms with Crippen LogP contribution in [0.1, 0.15) is 265 Å². The van der Waals surface area contributed by atoms with Gasteiger partial charge in [0.2, 0.25) is 0 Å². The fraction of sp³-hybridized carbons (Fsp3) is 0.849. The Hall–Kier alpha value is -1.88. The van der Waals surface area contributed by atoms with Crippen LogP contribution in [0, 0.1) is 0 Å². The maximum Gasteiger partial charge on any atom is 0.306 e. The molecule has 0 saturated carbocycles. The molecule has 5 nitrogen and oxygen atoms in total. The van der Waals surface area contributed by atoms with Gasteiger partial charge in [0.05, 0.1) is 6.61 Å². The smallest absolute Gasteiger partial charge is 0.306 e. The topological polar surface area (TPSA) is 61.8 Å². The zero-order chi connectivity index (χ0) is 42.1. The predicted molar refractivity (Wildman–Crippen MR) is 252 cm³/mol. The standard InChI is InChI=1S/C53H98O5/c1-4-7-10-13-16-19-22-24-25-26-27-28-29-30-32-34-37-40-43-46-52(54)57-50-51(49-56-48-45-42-39-36-33-23-20-17-14-11-8-5-2)58-53(55)47-44-41-38-35-31-21-18-15-12-9-6-3/h14,16-17,19,24-25,51H,4-13,15,18,20-23,26-50H2,1-3H3/b17-14-,19-16-,25-24-. The molecule has 1 unspecified atom stereocenters. The van der Waals surface area contributed by atoms with E-state index in [9.17, 15) is 9.59 Å². The van der Waals surface area contributed by atoms with Crippen LogP contribution < -0.4 is 0 Å². The monoisotopic (exact) mass is 815 g/mol. The third-order valence-electron chi connectivity index (χ3n) is 11.1. The Bertz CT molecular complexity index is 924. The largest absolute Gasteiger partial charge is 0.462 e. The van der Waals surface area contributed by atoms with Crippen molar-refractivity contribution in [2.24, 2.45) is 0 Å². The molecule has 0 radical (unpaired) electrons. The second kappa shape index (κ2) is 49.5. The van der Waals surface area contributed by atoms with Crippen LogP contribution in [-0.2, 0) is 23.8 Å². The number of unbranched alkanes of at least 4 members (excludes halogenated alkanes) is 30. The summed E-state index contributed by atoms with van der Waals surface area (Å²) in [5.41, 5.74) is 0. The molecule has 0 saturated heterocycles. The van der Waals surface area contributed by atoms with E-state index in [0.29, 0.717) is 19.4 Å². The number of allylic oxidation sites excluding steroid dienone is 6. The molecular weight excluding hydrogens is 717 g/mol. The second-order valence-corrected chi connectivity index (χ2v) is 17.1. The highest BCUT2D eigenvalue weighted by Crippen LogP contribution is 2.15. The summed E-state index contributed by atoms with van der Waals surface area (Å²) in [5.74, 6) is -0.394. The van der Waals surface area contributed by atoms with Crippen LogP contribution in [0.25, 0.3) is 0 Å². The molecule has 0 aromatic rings. The Morgan fingerprint density at radius 3 is 1.24 bits per heavy atom. The fourth-order valence-electron chi connectivity index (χ4n) is 7.29. The lowest BCUT2D eigenvalue weighted by atomic mass is 10.1. The number of ether oxygens (including phenoxy) is 3.